The van der Waals surface area contributed by atoms with Gasteiger partial charge in [-0.3, -0.25) is 0 Å². The molecule has 0 aromatic heterocycles. The van der Waals surface area contributed by atoms with Crippen LogP contribution < -0.4 is 0 Å². The SMILES string of the molecule is O=C(O)CO.[Ca].[Ca]. The van der Waals surface area contributed by atoms with E-state index < -0.39 is 12.6 Å². The molecule has 4 radical (unpaired) electrons. The first-order chi connectivity index (χ1) is 2.27. The monoisotopic (exact) mass is 156 g/mol. The minimum absolute atomic E-state index is 0. The summed E-state index contributed by atoms with van der Waals surface area (Å²) in [5.41, 5.74) is 0. The molecule has 0 rings (SSSR count). The Hall–Kier alpha value is 1.95. The molecule has 34 valence electrons. The zero-order chi connectivity index (χ0) is 4.28. The molecule has 0 spiro atoms. The minimum Gasteiger partial charge on any atom is -0.480 e. The van der Waals surface area contributed by atoms with Crippen molar-refractivity contribution in [3.63, 3.8) is 0 Å². The number of hydrogen-bond acceptors (Lipinski definition) is 2. The Kier molecular flexibility index (Phi) is 24.8. The maximum Gasteiger partial charge on any atom is 0.329 e. The van der Waals surface area contributed by atoms with Crippen LogP contribution in [-0.2, 0) is 4.79 Å². The first-order valence-electron chi connectivity index (χ1n) is 1.10. The van der Waals surface area contributed by atoms with E-state index >= 15 is 0 Å². The topological polar surface area (TPSA) is 57.5 Å². The summed E-state index contributed by atoms with van der Waals surface area (Å²) >= 11 is 0. The Morgan fingerprint density at radius 3 is 1.57 bits per heavy atom. The Morgan fingerprint density at radius 1 is 1.43 bits per heavy atom. The number of aliphatic carboxylic acids is 1. The van der Waals surface area contributed by atoms with Crippen LogP contribution in [0.1, 0.15) is 0 Å². The van der Waals surface area contributed by atoms with Crippen LogP contribution in [-0.4, -0.2) is 98.3 Å². The van der Waals surface area contributed by atoms with Crippen LogP contribution >= 0.6 is 0 Å². The smallest absolute Gasteiger partial charge is 0.329 e. The van der Waals surface area contributed by atoms with Crippen molar-refractivity contribution in [2.24, 2.45) is 0 Å². The van der Waals surface area contributed by atoms with Gasteiger partial charge in [-0.2, -0.15) is 0 Å². The van der Waals surface area contributed by atoms with Gasteiger partial charge in [0.25, 0.3) is 0 Å². The van der Waals surface area contributed by atoms with Crippen LogP contribution in [0.25, 0.3) is 0 Å². The van der Waals surface area contributed by atoms with Gasteiger partial charge in [0.1, 0.15) is 6.61 Å². The van der Waals surface area contributed by atoms with E-state index in [4.69, 9.17) is 15.0 Å². The van der Waals surface area contributed by atoms with Crippen molar-refractivity contribution in [2.45, 2.75) is 0 Å². The zero-order valence-corrected chi connectivity index (χ0v) is 8.34. The first-order valence-corrected chi connectivity index (χ1v) is 1.10. The first kappa shape index (κ1) is 16.0. The Labute approximate surface area is 101 Å². The van der Waals surface area contributed by atoms with Gasteiger partial charge in [-0.25, -0.2) is 4.79 Å². The molecule has 0 unspecified atom stereocenters. The van der Waals surface area contributed by atoms with E-state index in [0.29, 0.717) is 0 Å². The standard InChI is InChI=1S/C2H4O3.2Ca/c3-1-2(4)5;;/h3H,1H2,(H,4,5);;. The van der Waals surface area contributed by atoms with Crippen LogP contribution in [0.5, 0.6) is 0 Å². The van der Waals surface area contributed by atoms with Crippen LogP contribution in [0.4, 0.5) is 0 Å². The maximum absolute atomic E-state index is 9.12. The quantitative estimate of drug-likeness (QED) is 0.445. The van der Waals surface area contributed by atoms with Crippen LogP contribution in [0.2, 0.25) is 0 Å². The van der Waals surface area contributed by atoms with E-state index in [-0.39, 0.29) is 75.5 Å². The summed E-state index contributed by atoms with van der Waals surface area (Å²) in [7, 11) is 0. The molecule has 3 nitrogen and oxygen atoms in total. The molecular formula is C2H4Ca2O3. The number of hydrogen-bond donors (Lipinski definition) is 2. The molecule has 0 saturated heterocycles. The zero-order valence-electron chi connectivity index (χ0n) is 3.92. The van der Waals surface area contributed by atoms with Crippen molar-refractivity contribution in [1.82, 2.24) is 0 Å². The average Bonchev–Trinajstić information content (AvgIpc) is 1.38. The van der Waals surface area contributed by atoms with Crippen molar-refractivity contribution in [3.8, 4) is 0 Å². The third-order valence-corrected chi connectivity index (χ3v) is 0.135. The van der Waals surface area contributed by atoms with Gasteiger partial charge in [-0.05, 0) is 0 Å². The van der Waals surface area contributed by atoms with E-state index in [1.165, 1.54) is 0 Å². The molecule has 0 aliphatic heterocycles. The minimum atomic E-state index is -1.19. The summed E-state index contributed by atoms with van der Waals surface area (Å²) in [4.78, 5) is 9.12. The number of carbonyl (C=O) groups is 1. The van der Waals surface area contributed by atoms with Gasteiger partial charge in [-0.15, -0.1) is 0 Å². The van der Waals surface area contributed by atoms with Gasteiger partial charge in [0.2, 0.25) is 0 Å². The predicted molar refractivity (Wildman–Crippen MR) is 26.2 cm³/mol. The van der Waals surface area contributed by atoms with Gasteiger partial charge >= 0.3 is 5.97 Å². The largest absolute Gasteiger partial charge is 0.480 e. The van der Waals surface area contributed by atoms with Crippen molar-refractivity contribution in [3.05, 3.63) is 0 Å². The second-order valence-corrected chi connectivity index (χ2v) is 0.552. The summed E-state index contributed by atoms with van der Waals surface area (Å²) in [5, 5.41) is 15.0. The van der Waals surface area contributed by atoms with Gasteiger partial charge < -0.3 is 10.2 Å². The molecule has 5 heteroatoms. The second-order valence-electron chi connectivity index (χ2n) is 0.552. The normalized spacial score (nSPS) is 5.29. The van der Waals surface area contributed by atoms with Crippen LogP contribution in [0, 0.1) is 0 Å². The van der Waals surface area contributed by atoms with Gasteiger partial charge in [0, 0.05) is 75.5 Å². The average molecular weight is 156 g/mol. The molecule has 0 aliphatic rings. The summed E-state index contributed by atoms with van der Waals surface area (Å²) in [6, 6.07) is 0. The number of rotatable bonds is 1. The summed E-state index contributed by atoms with van der Waals surface area (Å²) in [5.74, 6) is -1.19. The molecule has 7 heavy (non-hydrogen) atoms. The van der Waals surface area contributed by atoms with E-state index in [0.717, 1.165) is 0 Å². The van der Waals surface area contributed by atoms with E-state index in [1.807, 2.05) is 0 Å². The molecule has 2 N–H and O–H groups in total. The van der Waals surface area contributed by atoms with E-state index in [2.05, 4.69) is 0 Å². The Morgan fingerprint density at radius 2 is 1.57 bits per heavy atom. The maximum atomic E-state index is 9.12. The van der Waals surface area contributed by atoms with E-state index in [1.54, 1.807) is 0 Å². The Bertz CT molecular complexity index is 46.2. The number of aliphatic hydroxyl groups excluding tert-OH is 1. The molecule has 0 atom stereocenters. The molecule has 0 heterocycles. The van der Waals surface area contributed by atoms with Crippen molar-refractivity contribution < 1.29 is 15.0 Å². The summed E-state index contributed by atoms with van der Waals surface area (Å²) < 4.78 is 0. The molecule has 0 aliphatic carbocycles. The van der Waals surface area contributed by atoms with Crippen LogP contribution in [0.3, 0.4) is 0 Å². The van der Waals surface area contributed by atoms with Gasteiger partial charge in [0.15, 0.2) is 0 Å². The Balaban J connectivity index is -0.0000000800. The summed E-state index contributed by atoms with van der Waals surface area (Å²) in [6.45, 7) is -0.778. The molecular weight excluding hydrogens is 152 g/mol. The van der Waals surface area contributed by atoms with Crippen LogP contribution in [0.15, 0.2) is 0 Å². The molecule has 0 bridgehead atoms. The second kappa shape index (κ2) is 10.8. The molecule has 0 fully saturated rings. The fourth-order valence-corrected chi connectivity index (χ4v) is 0. The third-order valence-electron chi connectivity index (χ3n) is 0.135. The van der Waals surface area contributed by atoms with Crippen molar-refractivity contribution in [2.75, 3.05) is 6.61 Å². The molecule has 0 saturated carbocycles. The molecule has 0 amide bonds. The predicted octanol–water partition coefficient (Wildman–Crippen LogP) is -1.70. The number of carboxylic acid groups (broad SMARTS) is 1. The van der Waals surface area contributed by atoms with Gasteiger partial charge in [-0.1, -0.05) is 0 Å². The summed E-state index contributed by atoms with van der Waals surface area (Å²) in [6.07, 6.45) is 0. The van der Waals surface area contributed by atoms with Gasteiger partial charge in [0.05, 0.1) is 0 Å². The molecule has 0 aromatic carbocycles. The fourth-order valence-electron chi connectivity index (χ4n) is 0. The van der Waals surface area contributed by atoms with Crippen molar-refractivity contribution >= 4 is 81.4 Å². The number of aliphatic hydroxyl groups is 1. The third kappa shape index (κ3) is 18.0. The van der Waals surface area contributed by atoms with Crippen molar-refractivity contribution in [1.29, 1.82) is 0 Å². The fraction of sp³-hybridized carbons (Fsp3) is 0.500. The van der Waals surface area contributed by atoms with E-state index in [9.17, 15) is 0 Å². The number of carboxylic acids is 1. The molecule has 0 aromatic rings.